The van der Waals surface area contributed by atoms with Crippen LogP contribution in [0.5, 0.6) is 5.75 Å². The van der Waals surface area contributed by atoms with Crippen molar-refractivity contribution in [1.82, 2.24) is 10.3 Å². The first-order valence-electron chi connectivity index (χ1n) is 10.8. The van der Waals surface area contributed by atoms with Gasteiger partial charge in [0.15, 0.2) is 0 Å². The molecule has 3 aromatic rings. The van der Waals surface area contributed by atoms with E-state index in [1.807, 2.05) is 49.3 Å². The summed E-state index contributed by atoms with van der Waals surface area (Å²) >= 11 is 14.4. The second kappa shape index (κ2) is 9.01. The van der Waals surface area contributed by atoms with Crippen LogP contribution in [0.2, 0.25) is 0 Å². The van der Waals surface area contributed by atoms with Crippen LogP contribution in [-0.2, 0) is 0 Å². The Morgan fingerprint density at radius 2 is 2.06 bits per heavy atom. The van der Waals surface area contributed by atoms with Gasteiger partial charge in [0.25, 0.3) is 5.91 Å². The van der Waals surface area contributed by atoms with Crippen LogP contribution in [0.4, 0.5) is 5.69 Å². The molecule has 33 heavy (non-hydrogen) atoms. The molecule has 3 heterocycles. The molecule has 0 saturated heterocycles. The number of carbonyl (C=O) groups excluding carboxylic acids is 1. The molecular formula is C25H23Cl2N3O2S. The molecule has 1 amide bonds. The SMILES string of the molecule is CN(C)c1c(C(=O)N[C@H]2CCOc3ccccc32)sc2c(C3=CCCC(Cl)=C3Cl)nccc12. The topological polar surface area (TPSA) is 54.5 Å². The monoisotopic (exact) mass is 499 g/mol. The van der Waals surface area contributed by atoms with Crippen molar-refractivity contribution in [1.29, 1.82) is 0 Å². The molecule has 8 heteroatoms. The van der Waals surface area contributed by atoms with Gasteiger partial charge in [-0.15, -0.1) is 11.3 Å². The zero-order chi connectivity index (χ0) is 23.1. The Hall–Kier alpha value is -2.54. The van der Waals surface area contributed by atoms with Crippen LogP contribution in [-0.4, -0.2) is 31.6 Å². The molecule has 5 nitrogen and oxygen atoms in total. The summed E-state index contributed by atoms with van der Waals surface area (Å²) < 4.78 is 6.68. The zero-order valence-electron chi connectivity index (χ0n) is 18.3. The molecule has 0 fully saturated rings. The maximum absolute atomic E-state index is 13.6. The van der Waals surface area contributed by atoms with Crippen molar-refractivity contribution < 1.29 is 9.53 Å². The molecular weight excluding hydrogens is 477 g/mol. The van der Waals surface area contributed by atoms with E-state index in [4.69, 9.17) is 27.9 Å². The van der Waals surface area contributed by atoms with Gasteiger partial charge in [-0.05, 0) is 25.0 Å². The number of nitrogens with zero attached hydrogens (tertiary/aromatic N) is 2. The predicted molar refractivity (Wildman–Crippen MR) is 137 cm³/mol. The molecule has 170 valence electrons. The number of aromatic nitrogens is 1. The lowest BCUT2D eigenvalue weighted by atomic mass is 10.0. The number of hydrogen-bond acceptors (Lipinski definition) is 5. The minimum atomic E-state index is -0.107. The van der Waals surface area contributed by atoms with Gasteiger partial charge in [0.2, 0.25) is 0 Å². The largest absolute Gasteiger partial charge is 0.493 e. The Balaban J connectivity index is 1.57. The average molecular weight is 500 g/mol. The number of carbonyl (C=O) groups is 1. The van der Waals surface area contributed by atoms with Gasteiger partial charge in [0.1, 0.15) is 10.6 Å². The van der Waals surface area contributed by atoms with Crippen molar-refractivity contribution in [2.45, 2.75) is 25.3 Å². The molecule has 0 bridgehead atoms. The first-order chi connectivity index (χ1) is 16.0. The Kier molecular flexibility index (Phi) is 6.08. The van der Waals surface area contributed by atoms with Crippen molar-refractivity contribution in [3.8, 4) is 5.75 Å². The Morgan fingerprint density at radius 1 is 1.24 bits per heavy atom. The molecule has 0 unspecified atom stereocenters. The number of amides is 1. The summed E-state index contributed by atoms with van der Waals surface area (Å²) in [6.45, 7) is 0.572. The molecule has 1 atom stereocenters. The quantitative estimate of drug-likeness (QED) is 0.446. The van der Waals surface area contributed by atoms with E-state index in [0.717, 1.165) is 57.6 Å². The highest BCUT2D eigenvalue weighted by molar-refractivity contribution is 7.22. The number of benzene rings is 1. The van der Waals surface area contributed by atoms with Crippen molar-refractivity contribution in [2.24, 2.45) is 0 Å². The van der Waals surface area contributed by atoms with Gasteiger partial charge in [0.05, 0.1) is 33.8 Å². The highest BCUT2D eigenvalue weighted by Gasteiger charge is 2.28. The van der Waals surface area contributed by atoms with Gasteiger partial charge >= 0.3 is 0 Å². The van der Waals surface area contributed by atoms with Gasteiger partial charge in [-0.3, -0.25) is 9.78 Å². The van der Waals surface area contributed by atoms with Crippen molar-refractivity contribution in [3.05, 3.63) is 68.8 Å². The van der Waals surface area contributed by atoms with E-state index in [-0.39, 0.29) is 11.9 Å². The second-order valence-electron chi connectivity index (χ2n) is 8.29. The molecule has 1 aromatic carbocycles. The minimum absolute atomic E-state index is 0.0995. The van der Waals surface area contributed by atoms with Crippen LogP contribution in [0.25, 0.3) is 15.7 Å². The molecule has 1 aliphatic heterocycles. The number of thiophene rings is 1. The second-order valence-corrected chi connectivity index (χ2v) is 10.1. The highest BCUT2D eigenvalue weighted by atomic mass is 35.5. The Labute approximate surface area is 206 Å². The van der Waals surface area contributed by atoms with Crippen LogP contribution in [0.1, 0.15) is 46.2 Å². The van der Waals surface area contributed by atoms with E-state index >= 15 is 0 Å². The maximum atomic E-state index is 13.6. The van der Waals surface area contributed by atoms with Crippen LogP contribution < -0.4 is 15.0 Å². The van der Waals surface area contributed by atoms with Crippen molar-refractivity contribution >= 4 is 61.8 Å². The van der Waals surface area contributed by atoms with Gasteiger partial charge < -0.3 is 15.0 Å². The number of allylic oxidation sites excluding steroid dienone is 4. The minimum Gasteiger partial charge on any atom is -0.493 e. The van der Waals surface area contributed by atoms with Gasteiger partial charge in [-0.2, -0.15) is 0 Å². The van der Waals surface area contributed by atoms with E-state index in [0.29, 0.717) is 21.5 Å². The third-order valence-corrected chi connectivity index (χ3v) is 8.04. The fourth-order valence-electron chi connectivity index (χ4n) is 4.41. The molecule has 5 rings (SSSR count). The fourth-order valence-corrected chi connectivity index (χ4v) is 6.16. The third-order valence-electron chi connectivity index (χ3n) is 5.94. The highest BCUT2D eigenvalue weighted by Crippen LogP contribution is 2.44. The summed E-state index contributed by atoms with van der Waals surface area (Å²) in [7, 11) is 3.90. The van der Waals surface area contributed by atoms with E-state index in [1.165, 1.54) is 11.3 Å². The van der Waals surface area contributed by atoms with Crippen LogP contribution in [0.15, 0.2) is 52.7 Å². The number of halogens is 2. The summed E-state index contributed by atoms with van der Waals surface area (Å²) in [5.74, 6) is 0.720. The molecule has 2 aromatic heterocycles. The van der Waals surface area contributed by atoms with E-state index in [1.54, 1.807) is 6.20 Å². The zero-order valence-corrected chi connectivity index (χ0v) is 20.7. The van der Waals surface area contributed by atoms with Crippen LogP contribution >= 0.6 is 34.5 Å². The molecule has 2 aliphatic rings. The molecule has 1 aliphatic carbocycles. The number of hydrogen-bond donors (Lipinski definition) is 1. The summed E-state index contributed by atoms with van der Waals surface area (Å²) in [5, 5.41) is 5.39. The normalized spacial score (nSPS) is 17.9. The van der Waals surface area contributed by atoms with Crippen LogP contribution in [0.3, 0.4) is 0 Å². The van der Waals surface area contributed by atoms with Crippen LogP contribution in [0, 0.1) is 0 Å². The van der Waals surface area contributed by atoms with Gasteiger partial charge in [-0.1, -0.05) is 47.5 Å². The summed E-state index contributed by atoms with van der Waals surface area (Å²) in [4.78, 5) is 20.8. The number of rotatable bonds is 4. The molecule has 1 N–H and O–H groups in total. The number of fused-ring (bicyclic) bond motifs is 2. The maximum Gasteiger partial charge on any atom is 0.264 e. The first-order valence-corrected chi connectivity index (χ1v) is 12.4. The van der Waals surface area contributed by atoms with E-state index in [2.05, 4.69) is 16.4 Å². The molecule has 0 radical (unpaired) electrons. The lowest BCUT2D eigenvalue weighted by Crippen LogP contribution is -2.32. The first kappa shape index (κ1) is 22.3. The number of pyridine rings is 1. The molecule has 0 spiro atoms. The molecule has 0 saturated carbocycles. The number of ether oxygens (including phenoxy) is 1. The third kappa shape index (κ3) is 4.01. The number of nitrogens with one attached hydrogen (secondary N) is 1. The fraction of sp³-hybridized carbons (Fsp3) is 0.280. The Morgan fingerprint density at radius 3 is 2.88 bits per heavy atom. The van der Waals surface area contributed by atoms with Gasteiger partial charge in [-0.25, -0.2) is 0 Å². The lowest BCUT2D eigenvalue weighted by Gasteiger charge is -2.26. The number of anilines is 1. The Bertz CT molecular complexity index is 1310. The summed E-state index contributed by atoms with van der Waals surface area (Å²) in [5.41, 5.74) is 3.47. The summed E-state index contributed by atoms with van der Waals surface area (Å²) in [6.07, 6.45) is 6.10. The van der Waals surface area contributed by atoms with Crippen molar-refractivity contribution in [3.63, 3.8) is 0 Å². The number of para-hydroxylation sites is 1. The predicted octanol–water partition coefficient (Wildman–Crippen LogP) is 6.48. The standard InChI is InChI=1S/C25H23Cl2N3O2S/c1-30(2)22-16-10-12-28-21(15-7-5-8-17(26)20(15)27)23(16)33-24(22)25(31)29-18-11-13-32-19-9-4-3-6-14(18)19/h3-4,6-7,9-10,12,18H,5,8,11,13H2,1-2H3,(H,29,31)/t18-/m0/s1. The van der Waals surface area contributed by atoms with E-state index in [9.17, 15) is 4.79 Å². The smallest absolute Gasteiger partial charge is 0.264 e. The lowest BCUT2D eigenvalue weighted by molar-refractivity contribution is 0.0929. The van der Waals surface area contributed by atoms with Crippen molar-refractivity contribution in [2.75, 3.05) is 25.6 Å². The van der Waals surface area contributed by atoms with E-state index < -0.39 is 0 Å². The van der Waals surface area contributed by atoms with Gasteiger partial charge in [0, 0.05) is 48.3 Å². The average Bonchev–Trinajstić information content (AvgIpc) is 3.22. The summed E-state index contributed by atoms with van der Waals surface area (Å²) in [6, 6.07) is 9.71.